The first kappa shape index (κ1) is 11.9. The van der Waals surface area contributed by atoms with Crippen molar-refractivity contribution >= 4 is 29.3 Å². The van der Waals surface area contributed by atoms with Gasteiger partial charge in [-0.1, -0.05) is 11.6 Å². The summed E-state index contributed by atoms with van der Waals surface area (Å²) in [5, 5.41) is 29.4. The molecule has 0 saturated heterocycles. The Morgan fingerprint density at radius 2 is 1.75 bits per heavy atom. The van der Waals surface area contributed by atoms with E-state index in [9.17, 15) is 30.1 Å². The second-order valence-electron chi connectivity index (χ2n) is 2.62. The van der Waals surface area contributed by atoms with Gasteiger partial charge in [-0.15, -0.1) is 0 Å². The maximum Gasteiger partial charge on any atom is 0.319 e. The molecule has 1 N–H and O–H groups in total. The van der Waals surface area contributed by atoms with Crippen molar-refractivity contribution in [1.29, 1.82) is 0 Å². The number of rotatable bonds is 3. The smallest absolute Gasteiger partial charge is 0.319 e. The van der Waals surface area contributed by atoms with Crippen LogP contribution >= 0.6 is 11.6 Å². The van der Waals surface area contributed by atoms with Crippen LogP contribution in [0.2, 0.25) is 5.02 Å². The Labute approximate surface area is 92.4 Å². The monoisotopic (exact) mass is 246 g/mol. The number of phenols is 1. The number of carbonyl (C=O) groups excluding carboxylic acids is 1. The van der Waals surface area contributed by atoms with Gasteiger partial charge in [-0.05, 0) is 0 Å². The Balaban J connectivity index is 3.68. The highest BCUT2D eigenvalue weighted by Crippen LogP contribution is 2.40. The number of hydrogen-bond acceptors (Lipinski definition) is 6. The topological polar surface area (TPSA) is 124 Å². The number of aromatic hydroxyl groups is 1. The van der Waals surface area contributed by atoms with E-state index < -0.39 is 37.6 Å². The van der Waals surface area contributed by atoms with E-state index in [0.717, 1.165) is 0 Å². The molecule has 0 aliphatic rings. The van der Waals surface area contributed by atoms with Crippen LogP contribution in [0, 0.1) is 20.2 Å². The molecule has 0 radical (unpaired) electrons. The maximum absolute atomic E-state index is 10.5. The van der Waals surface area contributed by atoms with Crippen molar-refractivity contribution in [2.75, 3.05) is 0 Å². The second kappa shape index (κ2) is 4.11. The third-order valence-electron chi connectivity index (χ3n) is 1.75. The van der Waals surface area contributed by atoms with E-state index in [0.29, 0.717) is 6.07 Å². The molecule has 0 heterocycles. The molecular weight excluding hydrogens is 244 g/mol. The van der Waals surface area contributed by atoms with Crippen LogP contribution in [0.5, 0.6) is 5.75 Å². The Morgan fingerprint density at radius 3 is 2.12 bits per heavy atom. The summed E-state index contributed by atoms with van der Waals surface area (Å²) in [7, 11) is 0. The number of nitrogens with zero attached hydrogens (tertiary/aromatic N) is 2. The van der Waals surface area contributed by atoms with E-state index in [1.807, 2.05) is 0 Å². The average Bonchev–Trinajstić information content (AvgIpc) is 2.20. The van der Waals surface area contributed by atoms with Crippen LogP contribution in [0.3, 0.4) is 0 Å². The summed E-state index contributed by atoms with van der Waals surface area (Å²) >= 11 is 5.40. The largest absolute Gasteiger partial charge is 0.501 e. The lowest BCUT2D eigenvalue weighted by atomic mass is 10.1. The summed E-state index contributed by atoms with van der Waals surface area (Å²) < 4.78 is 0. The molecule has 1 aromatic carbocycles. The molecule has 1 rings (SSSR count). The minimum Gasteiger partial charge on any atom is -0.501 e. The fourth-order valence-corrected chi connectivity index (χ4v) is 1.27. The predicted molar refractivity (Wildman–Crippen MR) is 51.8 cm³/mol. The number of carbonyl (C=O) groups is 1. The Morgan fingerprint density at radius 1 is 1.25 bits per heavy atom. The molecule has 0 aliphatic carbocycles. The number of phenolic OH excluding ortho intramolecular Hbond substituents is 1. The highest BCUT2D eigenvalue weighted by Gasteiger charge is 2.28. The van der Waals surface area contributed by atoms with Crippen LogP contribution in [-0.4, -0.2) is 21.2 Å². The van der Waals surface area contributed by atoms with Gasteiger partial charge in [0.1, 0.15) is 10.6 Å². The molecule has 0 bridgehead atoms. The van der Waals surface area contributed by atoms with Crippen molar-refractivity contribution < 1.29 is 19.7 Å². The van der Waals surface area contributed by atoms with Crippen LogP contribution in [0.1, 0.15) is 10.4 Å². The average molecular weight is 247 g/mol. The van der Waals surface area contributed by atoms with Crippen LogP contribution < -0.4 is 0 Å². The van der Waals surface area contributed by atoms with Crippen molar-refractivity contribution in [2.45, 2.75) is 0 Å². The van der Waals surface area contributed by atoms with Gasteiger partial charge in [0.05, 0.1) is 15.9 Å². The predicted octanol–water partition coefficient (Wildman–Crippen LogP) is 1.67. The van der Waals surface area contributed by atoms with Crippen LogP contribution in [-0.2, 0) is 0 Å². The summed E-state index contributed by atoms with van der Waals surface area (Å²) in [5.74, 6) is -0.973. The Bertz CT molecular complexity index is 500. The zero-order valence-electron chi connectivity index (χ0n) is 7.42. The van der Waals surface area contributed by atoms with Gasteiger partial charge in [0.15, 0.2) is 6.29 Å². The van der Waals surface area contributed by atoms with E-state index in [2.05, 4.69) is 0 Å². The minimum atomic E-state index is -1.04. The second-order valence-corrected chi connectivity index (χ2v) is 3.00. The van der Waals surface area contributed by atoms with Gasteiger partial charge in [-0.3, -0.25) is 25.0 Å². The molecule has 8 nitrogen and oxygen atoms in total. The highest BCUT2D eigenvalue weighted by molar-refractivity contribution is 6.35. The molecule has 0 spiro atoms. The highest BCUT2D eigenvalue weighted by atomic mass is 35.5. The number of hydrogen-bond donors (Lipinski definition) is 1. The van der Waals surface area contributed by atoms with Gasteiger partial charge in [0.25, 0.3) is 5.69 Å². The zero-order chi connectivity index (χ0) is 12.5. The van der Waals surface area contributed by atoms with Gasteiger partial charge >= 0.3 is 5.69 Å². The third-order valence-corrected chi connectivity index (χ3v) is 2.13. The number of aldehydes is 1. The molecule has 16 heavy (non-hydrogen) atoms. The van der Waals surface area contributed by atoms with E-state index in [-0.39, 0.29) is 6.29 Å². The Hall–Kier alpha value is -2.22. The number of halogens is 1. The SMILES string of the molecule is O=Cc1c([N+](=O)[O-])cc([N+](=O)[O-])c(O)c1Cl. The first-order chi connectivity index (χ1) is 7.40. The number of nitro groups is 2. The normalized spacial score (nSPS) is 9.81. The standard InChI is InChI=1S/C7H3ClN2O6/c8-6-3(2-11)4(9(13)14)1-5(7(6)12)10(15)16/h1-2,12H. The van der Waals surface area contributed by atoms with Crippen molar-refractivity contribution in [3.05, 3.63) is 36.9 Å². The van der Waals surface area contributed by atoms with E-state index >= 15 is 0 Å². The number of nitro benzene ring substituents is 2. The molecule has 0 fully saturated rings. The summed E-state index contributed by atoms with van der Waals surface area (Å²) in [6.07, 6.45) is 0.0455. The van der Waals surface area contributed by atoms with Crippen molar-refractivity contribution in [3.8, 4) is 5.75 Å². The molecular formula is C7H3ClN2O6. The summed E-state index contributed by atoms with van der Waals surface area (Å²) in [6, 6.07) is 0.477. The lowest BCUT2D eigenvalue weighted by Gasteiger charge is -2.02. The quantitative estimate of drug-likeness (QED) is 0.491. The van der Waals surface area contributed by atoms with E-state index in [1.54, 1.807) is 0 Å². The van der Waals surface area contributed by atoms with Crippen molar-refractivity contribution in [3.63, 3.8) is 0 Å². The van der Waals surface area contributed by atoms with E-state index in [1.165, 1.54) is 0 Å². The van der Waals surface area contributed by atoms with Gasteiger partial charge < -0.3 is 5.11 Å². The summed E-state index contributed by atoms with van der Waals surface area (Å²) in [6.45, 7) is 0. The fraction of sp³-hybridized carbons (Fsp3) is 0. The van der Waals surface area contributed by atoms with Gasteiger partial charge in [-0.25, -0.2) is 0 Å². The zero-order valence-corrected chi connectivity index (χ0v) is 8.17. The van der Waals surface area contributed by atoms with Crippen LogP contribution in [0.15, 0.2) is 6.07 Å². The van der Waals surface area contributed by atoms with Crippen molar-refractivity contribution in [1.82, 2.24) is 0 Å². The molecule has 0 saturated carbocycles. The number of benzene rings is 1. The maximum atomic E-state index is 10.5. The van der Waals surface area contributed by atoms with Crippen LogP contribution in [0.4, 0.5) is 11.4 Å². The first-order valence-electron chi connectivity index (χ1n) is 3.69. The summed E-state index contributed by atoms with van der Waals surface area (Å²) in [5.41, 5.74) is -2.36. The molecule has 0 aliphatic heterocycles. The van der Waals surface area contributed by atoms with Crippen LogP contribution in [0.25, 0.3) is 0 Å². The molecule has 0 atom stereocenters. The summed E-state index contributed by atoms with van der Waals surface area (Å²) in [4.78, 5) is 29.4. The lowest BCUT2D eigenvalue weighted by molar-refractivity contribution is -0.394. The lowest BCUT2D eigenvalue weighted by Crippen LogP contribution is -1.99. The molecule has 0 unspecified atom stereocenters. The fourth-order valence-electron chi connectivity index (χ4n) is 1.03. The first-order valence-corrected chi connectivity index (χ1v) is 4.07. The molecule has 84 valence electrons. The Kier molecular flexibility index (Phi) is 3.04. The minimum absolute atomic E-state index is 0.0455. The molecule has 1 aromatic rings. The van der Waals surface area contributed by atoms with Gasteiger partial charge in [0, 0.05) is 0 Å². The third kappa shape index (κ3) is 1.77. The molecule has 9 heteroatoms. The molecule has 0 aromatic heterocycles. The van der Waals surface area contributed by atoms with Gasteiger partial charge in [0.2, 0.25) is 5.75 Å². The van der Waals surface area contributed by atoms with E-state index in [4.69, 9.17) is 11.6 Å². The van der Waals surface area contributed by atoms with Crippen molar-refractivity contribution in [2.24, 2.45) is 0 Å². The van der Waals surface area contributed by atoms with Gasteiger partial charge in [-0.2, -0.15) is 0 Å². The molecule has 0 amide bonds.